The fourth-order valence-corrected chi connectivity index (χ4v) is 2.33. The largest absolute Gasteiger partial charge is 0.0912 e. The van der Waals surface area contributed by atoms with Gasteiger partial charge in [0.1, 0.15) is 0 Å². The Kier molecular flexibility index (Phi) is 4.58. The van der Waals surface area contributed by atoms with Gasteiger partial charge in [0.2, 0.25) is 0 Å². The van der Waals surface area contributed by atoms with E-state index < -0.39 is 0 Å². The van der Waals surface area contributed by atoms with Crippen molar-refractivity contribution in [3.05, 3.63) is 33.3 Å². The number of halogens is 4. The van der Waals surface area contributed by atoms with E-state index in [1.807, 2.05) is 18.2 Å². The van der Waals surface area contributed by atoms with Gasteiger partial charge < -0.3 is 0 Å². The highest BCUT2D eigenvalue weighted by Crippen LogP contribution is 2.32. The van der Waals surface area contributed by atoms with Crippen molar-refractivity contribution in [3.63, 3.8) is 0 Å². The topological polar surface area (TPSA) is 0 Å². The lowest BCUT2D eigenvalue weighted by molar-refractivity contribution is 1.15. The minimum Gasteiger partial charge on any atom is -0.0912 e. The van der Waals surface area contributed by atoms with Crippen molar-refractivity contribution in [2.45, 2.75) is 4.83 Å². The molecule has 0 saturated heterocycles. The molecule has 0 N–H and O–H groups in total. The quantitative estimate of drug-likeness (QED) is 0.641. The van der Waals surface area contributed by atoms with Gasteiger partial charge in [0.25, 0.3) is 0 Å². The van der Waals surface area contributed by atoms with Crippen LogP contribution in [0, 0.1) is 0 Å². The molecule has 1 aromatic carbocycles. The molecule has 0 aliphatic rings. The molecule has 1 rings (SSSR count). The summed E-state index contributed by atoms with van der Waals surface area (Å²) in [5.74, 6) is 0. The normalized spacial score (nSPS) is 13.0. The Morgan fingerprint density at radius 3 is 2.67 bits per heavy atom. The minimum atomic E-state index is 0.266. The summed E-state index contributed by atoms with van der Waals surface area (Å²) in [4.78, 5) is 0.266. The third-order valence-electron chi connectivity index (χ3n) is 1.43. The molecule has 0 nitrogen and oxygen atoms in total. The van der Waals surface area contributed by atoms with Crippen LogP contribution in [-0.4, -0.2) is 5.33 Å². The standard InChI is InChI=1S/C8H6Br3Cl/c9-4-7(11)6-3-5(10)1-2-8(6)12/h1-3,7H,4H2. The van der Waals surface area contributed by atoms with Gasteiger partial charge in [-0.25, -0.2) is 0 Å². The van der Waals surface area contributed by atoms with Gasteiger partial charge in [-0.3, -0.25) is 0 Å². The molecule has 1 aromatic rings. The number of hydrogen-bond donors (Lipinski definition) is 0. The SMILES string of the molecule is Clc1ccc(Br)cc1C(Br)CBr. The second-order valence-electron chi connectivity index (χ2n) is 2.29. The molecule has 0 aliphatic heterocycles. The smallest absolute Gasteiger partial charge is 0.0507 e. The van der Waals surface area contributed by atoms with Crippen molar-refractivity contribution in [2.24, 2.45) is 0 Å². The number of benzene rings is 1. The molecule has 0 fully saturated rings. The molecule has 0 heterocycles. The molecule has 12 heavy (non-hydrogen) atoms. The van der Waals surface area contributed by atoms with Crippen molar-refractivity contribution in [1.82, 2.24) is 0 Å². The summed E-state index contributed by atoms with van der Waals surface area (Å²) in [6.45, 7) is 0. The van der Waals surface area contributed by atoms with Crippen LogP contribution < -0.4 is 0 Å². The van der Waals surface area contributed by atoms with Crippen LogP contribution in [0.5, 0.6) is 0 Å². The Bertz CT molecular complexity index is 275. The number of hydrogen-bond acceptors (Lipinski definition) is 0. The zero-order chi connectivity index (χ0) is 9.14. The van der Waals surface area contributed by atoms with Crippen LogP contribution >= 0.6 is 59.4 Å². The lowest BCUT2D eigenvalue weighted by atomic mass is 10.2. The molecular formula is C8H6Br3Cl. The fraction of sp³-hybridized carbons (Fsp3) is 0.250. The van der Waals surface area contributed by atoms with E-state index in [0.717, 1.165) is 20.4 Å². The molecule has 0 saturated carbocycles. The van der Waals surface area contributed by atoms with Gasteiger partial charge in [-0.1, -0.05) is 59.4 Å². The fourth-order valence-electron chi connectivity index (χ4n) is 0.838. The van der Waals surface area contributed by atoms with E-state index in [1.165, 1.54) is 0 Å². The van der Waals surface area contributed by atoms with Crippen LogP contribution in [0.2, 0.25) is 5.02 Å². The Labute approximate surface area is 102 Å². The molecule has 1 unspecified atom stereocenters. The van der Waals surface area contributed by atoms with E-state index in [1.54, 1.807) is 0 Å². The summed E-state index contributed by atoms with van der Waals surface area (Å²) >= 11 is 16.3. The van der Waals surface area contributed by atoms with Crippen LogP contribution in [-0.2, 0) is 0 Å². The highest BCUT2D eigenvalue weighted by Gasteiger charge is 2.09. The molecular weight excluding hydrogens is 371 g/mol. The van der Waals surface area contributed by atoms with Crippen molar-refractivity contribution in [1.29, 1.82) is 0 Å². The second-order valence-corrected chi connectivity index (χ2v) is 5.36. The van der Waals surface area contributed by atoms with Gasteiger partial charge >= 0.3 is 0 Å². The van der Waals surface area contributed by atoms with Gasteiger partial charge in [0, 0.05) is 14.8 Å². The van der Waals surface area contributed by atoms with Crippen LogP contribution in [0.4, 0.5) is 0 Å². The first-order chi connectivity index (χ1) is 5.65. The van der Waals surface area contributed by atoms with Crippen molar-refractivity contribution in [3.8, 4) is 0 Å². The van der Waals surface area contributed by atoms with Gasteiger partial charge in [0.15, 0.2) is 0 Å². The summed E-state index contributed by atoms with van der Waals surface area (Å²) in [5.41, 5.74) is 1.10. The summed E-state index contributed by atoms with van der Waals surface area (Å²) in [6, 6.07) is 5.83. The third-order valence-corrected chi connectivity index (χ3v) is 4.60. The number of rotatable bonds is 2. The van der Waals surface area contributed by atoms with E-state index in [4.69, 9.17) is 11.6 Å². The monoisotopic (exact) mass is 374 g/mol. The van der Waals surface area contributed by atoms with Crippen molar-refractivity contribution < 1.29 is 0 Å². The zero-order valence-corrected chi connectivity index (χ0v) is 11.5. The first-order valence-electron chi connectivity index (χ1n) is 3.30. The summed E-state index contributed by atoms with van der Waals surface area (Å²) in [5, 5.41) is 1.64. The van der Waals surface area contributed by atoms with Gasteiger partial charge in [-0.15, -0.1) is 0 Å². The highest BCUT2D eigenvalue weighted by atomic mass is 79.9. The predicted molar refractivity (Wildman–Crippen MR) is 64.6 cm³/mol. The van der Waals surface area contributed by atoms with Gasteiger partial charge in [-0.05, 0) is 23.8 Å². The molecule has 0 amide bonds. The predicted octanol–water partition coefficient (Wildman–Crippen LogP) is 4.93. The van der Waals surface area contributed by atoms with Crippen molar-refractivity contribution >= 4 is 59.4 Å². The Hall–Kier alpha value is 0.950. The first-order valence-corrected chi connectivity index (χ1v) is 6.51. The van der Waals surface area contributed by atoms with E-state index in [2.05, 4.69) is 47.8 Å². The van der Waals surface area contributed by atoms with E-state index >= 15 is 0 Å². The molecule has 0 aromatic heterocycles. The Morgan fingerprint density at radius 1 is 1.42 bits per heavy atom. The van der Waals surface area contributed by atoms with E-state index in [-0.39, 0.29) is 4.83 Å². The maximum atomic E-state index is 6.00. The Balaban J connectivity index is 3.04. The van der Waals surface area contributed by atoms with E-state index in [9.17, 15) is 0 Å². The van der Waals surface area contributed by atoms with Gasteiger partial charge in [-0.2, -0.15) is 0 Å². The Morgan fingerprint density at radius 2 is 2.08 bits per heavy atom. The maximum absolute atomic E-state index is 6.00. The highest BCUT2D eigenvalue weighted by molar-refractivity contribution is 9.12. The third kappa shape index (κ3) is 2.72. The zero-order valence-electron chi connectivity index (χ0n) is 6.03. The second kappa shape index (κ2) is 4.99. The van der Waals surface area contributed by atoms with Crippen LogP contribution in [0.15, 0.2) is 22.7 Å². The van der Waals surface area contributed by atoms with Crippen LogP contribution in [0.3, 0.4) is 0 Å². The molecule has 4 heteroatoms. The summed E-state index contributed by atoms with van der Waals surface area (Å²) in [6.07, 6.45) is 0. The van der Waals surface area contributed by atoms with E-state index in [0.29, 0.717) is 0 Å². The molecule has 0 aliphatic carbocycles. The number of alkyl halides is 2. The van der Waals surface area contributed by atoms with Crippen LogP contribution in [0.25, 0.3) is 0 Å². The summed E-state index contributed by atoms with van der Waals surface area (Å²) in [7, 11) is 0. The summed E-state index contributed by atoms with van der Waals surface area (Å²) < 4.78 is 1.05. The lowest BCUT2D eigenvalue weighted by Crippen LogP contribution is -1.91. The lowest BCUT2D eigenvalue weighted by Gasteiger charge is -2.08. The first kappa shape index (κ1) is 11.0. The average molecular weight is 377 g/mol. The van der Waals surface area contributed by atoms with Crippen LogP contribution in [0.1, 0.15) is 10.4 Å². The molecule has 66 valence electrons. The molecule has 0 bridgehead atoms. The minimum absolute atomic E-state index is 0.266. The van der Waals surface area contributed by atoms with Crippen molar-refractivity contribution in [2.75, 3.05) is 5.33 Å². The van der Waals surface area contributed by atoms with Gasteiger partial charge in [0.05, 0.1) is 4.83 Å². The average Bonchev–Trinajstić information content (AvgIpc) is 2.08. The molecule has 0 radical (unpaired) electrons. The molecule has 0 spiro atoms. The maximum Gasteiger partial charge on any atom is 0.0507 e. The molecule has 1 atom stereocenters.